The molecule has 172 valence electrons. The van der Waals surface area contributed by atoms with Crippen LogP contribution in [-0.2, 0) is 9.53 Å². The van der Waals surface area contributed by atoms with Crippen molar-refractivity contribution in [2.75, 3.05) is 7.11 Å². The average Bonchev–Trinajstić information content (AvgIpc) is 2.88. The second kappa shape index (κ2) is 11.1. The molecule has 4 aromatic carbocycles. The van der Waals surface area contributed by atoms with Crippen LogP contribution in [0.1, 0.15) is 21.6 Å². The van der Waals surface area contributed by atoms with Gasteiger partial charge in [0.25, 0.3) is 5.91 Å². The van der Waals surface area contributed by atoms with Crippen LogP contribution in [0.2, 0.25) is 0 Å². The van der Waals surface area contributed by atoms with Crippen LogP contribution in [0.5, 0.6) is 0 Å². The van der Waals surface area contributed by atoms with E-state index in [0.717, 1.165) is 15.9 Å². The Bertz CT molecular complexity index is 1150. The summed E-state index contributed by atoms with van der Waals surface area (Å²) in [6, 6.07) is 37.1. The first-order valence-electron chi connectivity index (χ1n) is 10.6. The van der Waals surface area contributed by atoms with Crippen LogP contribution >= 0.6 is 7.26 Å². The van der Waals surface area contributed by atoms with E-state index in [4.69, 9.17) is 10.5 Å². The Kier molecular flexibility index (Phi) is 8.22. The highest BCUT2D eigenvalue weighted by atomic mass is 35.5. The van der Waals surface area contributed by atoms with E-state index in [0.29, 0.717) is 11.1 Å². The van der Waals surface area contributed by atoms with Crippen molar-refractivity contribution in [3.05, 3.63) is 126 Å². The van der Waals surface area contributed by atoms with Crippen LogP contribution in [0, 0.1) is 0 Å². The Morgan fingerprint density at radius 3 is 1.44 bits per heavy atom. The van der Waals surface area contributed by atoms with Gasteiger partial charge in [-0.2, -0.15) is 0 Å². The fraction of sp³-hybridized carbons (Fsp3) is 0.0714. The zero-order valence-corrected chi connectivity index (χ0v) is 20.3. The van der Waals surface area contributed by atoms with Gasteiger partial charge in [0, 0.05) is 5.56 Å². The number of primary amides is 1. The van der Waals surface area contributed by atoms with E-state index in [1.54, 1.807) is 12.1 Å². The van der Waals surface area contributed by atoms with Gasteiger partial charge in [0.2, 0.25) is 0 Å². The standard InChI is InChI=1S/C28H24NO3P.ClH/c1-32-28(31)25-20-12-11-19-24(25)26(27(29)30)33(21-13-5-2-6-14-21,22-15-7-3-8-16-22)23-17-9-4-10-18-23;/h2-20,26H,1H3,(H-,29,30);1H. The lowest BCUT2D eigenvalue weighted by Gasteiger charge is -2.33. The Hall–Kier alpha value is -3.46. The normalized spacial score (nSPS) is 11.7. The Morgan fingerprint density at radius 2 is 1.06 bits per heavy atom. The minimum absolute atomic E-state index is 0. The minimum atomic E-state index is -2.70. The van der Waals surface area contributed by atoms with E-state index in [1.807, 2.05) is 103 Å². The molecular weight excluding hydrogens is 465 g/mol. The second-order valence-electron chi connectivity index (χ2n) is 7.61. The number of hydrogen-bond acceptors (Lipinski definition) is 3. The number of carbonyl (C=O) groups excluding carboxylic acids is 2. The van der Waals surface area contributed by atoms with Crippen LogP contribution in [-0.4, -0.2) is 19.0 Å². The predicted octanol–water partition coefficient (Wildman–Crippen LogP) is 0.998. The molecule has 2 N–H and O–H groups in total. The quantitative estimate of drug-likeness (QED) is 0.311. The van der Waals surface area contributed by atoms with Crippen LogP contribution in [0.25, 0.3) is 0 Å². The number of hydrogen-bond donors (Lipinski definition) is 1. The lowest BCUT2D eigenvalue weighted by atomic mass is 10.0. The summed E-state index contributed by atoms with van der Waals surface area (Å²) >= 11 is 0. The summed E-state index contributed by atoms with van der Waals surface area (Å²) in [4.78, 5) is 26.2. The van der Waals surface area contributed by atoms with E-state index in [2.05, 4.69) is 0 Å². The summed E-state index contributed by atoms with van der Waals surface area (Å²) in [6.07, 6.45) is 0. The summed E-state index contributed by atoms with van der Waals surface area (Å²) in [5, 5.41) is 3.02. The lowest BCUT2D eigenvalue weighted by Crippen LogP contribution is -3.00. The van der Waals surface area contributed by atoms with Crippen molar-refractivity contribution in [3.8, 4) is 0 Å². The van der Waals surface area contributed by atoms with Gasteiger partial charge >= 0.3 is 5.97 Å². The zero-order chi connectivity index (χ0) is 23.3. The summed E-state index contributed by atoms with van der Waals surface area (Å²) in [6.45, 7) is 0. The molecule has 0 bridgehead atoms. The van der Waals surface area contributed by atoms with E-state index < -0.39 is 24.8 Å². The van der Waals surface area contributed by atoms with Gasteiger partial charge in [0.1, 0.15) is 23.2 Å². The maximum absolute atomic E-state index is 13.4. The maximum Gasteiger partial charge on any atom is 0.338 e. The van der Waals surface area contributed by atoms with E-state index in [9.17, 15) is 9.59 Å². The molecule has 0 fully saturated rings. The van der Waals surface area contributed by atoms with Gasteiger partial charge in [-0.3, -0.25) is 4.79 Å². The molecule has 0 aliphatic heterocycles. The van der Waals surface area contributed by atoms with Gasteiger partial charge in [-0.15, -0.1) is 0 Å². The van der Waals surface area contributed by atoms with E-state index in [1.165, 1.54) is 7.11 Å². The van der Waals surface area contributed by atoms with Crippen LogP contribution in [0.3, 0.4) is 0 Å². The Labute approximate surface area is 206 Å². The van der Waals surface area contributed by atoms with Crippen LogP contribution in [0.15, 0.2) is 115 Å². The number of carbonyl (C=O) groups is 2. The lowest BCUT2D eigenvalue weighted by molar-refractivity contribution is -0.117. The molecule has 0 heterocycles. The third kappa shape index (κ3) is 4.48. The van der Waals surface area contributed by atoms with Crippen LogP contribution < -0.4 is 34.1 Å². The van der Waals surface area contributed by atoms with Gasteiger partial charge < -0.3 is 22.9 Å². The Balaban J connectivity index is 0.00000324. The second-order valence-corrected chi connectivity index (χ2v) is 11.1. The Morgan fingerprint density at radius 1 is 0.676 bits per heavy atom. The fourth-order valence-electron chi connectivity index (χ4n) is 4.47. The smallest absolute Gasteiger partial charge is 0.338 e. The van der Waals surface area contributed by atoms with Crippen molar-refractivity contribution in [1.29, 1.82) is 0 Å². The van der Waals surface area contributed by atoms with Crippen LogP contribution in [0.4, 0.5) is 0 Å². The van der Waals surface area contributed by atoms with Gasteiger partial charge in [0.15, 0.2) is 5.66 Å². The van der Waals surface area contributed by atoms with Crippen molar-refractivity contribution in [1.82, 2.24) is 0 Å². The SMILES string of the molecule is COC(=O)c1ccccc1C(C(N)=O)[P+](c1ccccc1)(c1ccccc1)c1ccccc1.[Cl-]. The van der Waals surface area contributed by atoms with Crippen molar-refractivity contribution >= 4 is 35.1 Å². The molecule has 4 aromatic rings. The first kappa shape index (κ1) is 25.2. The van der Waals surface area contributed by atoms with Gasteiger partial charge in [-0.25, -0.2) is 4.79 Å². The molecular formula is C28H25ClNO3P. The molecule has 1 atom stereocenters. The summed E-state index contributed by atoms with van der Waals surface area (Å²) in [5.41, 5.74) is 6.35. The molecule has 1 unspecified atom stereocenters. The monoisotopic (exact) mass is 489 g/mol. The zero-order valence-electron chi connectivity index (χ0n) is 18.7. The van der Waals surface area contributed by atoms with Gasteiger partial charge in [0.05, 0.1) is 12.7 Å². The third-order valence-electron chi connectivity index (χ3n) is 5.81. The molecule has 4 rings (SSSR count). The number of esters is 1. The summed E-state index contributed by atoms with van der Waals surface area (Å²) < 4.78 is 5.06. The highest BCUT2D eigenvalue weighted by molar-refractivity contribution is 7.96. The molecule has 0 aliphatic carbocycles. The van der Waals surface area contributed by atoms with Crippen molar-refractivity contribution in [2.45, 2.75) is 5.66 Å². The molecule has 4 nitrogen and oxygen atoms in total. The van der Waals surface area contributed by atoms with Gasteiger partial charge in [-0.1, -0.05) is 72.8 Å². The highest BCUT2D eigenvalue weighted by Crippen LogP contribution is 2.66. The molecule has 0 aliphatic rings. The molecule has 0 aromatic heterocycles. The predicted molar refractivity (Wildman–Crippen MR) is 135 cm³/mol. The molecule has 0 radical (unpaired) electrons. The largest absolute Gasteiger partial charge is 1.00 e. The van der Waals surface area contributed by atoms with Crippen molar-refractivity contribution in [2.24, 2.45) is 5.73 Å². The molecule has 6 heteroatoms. The van der Waals surface area contributed by atoms with E-state index in [-0.39, 0.29) is 12.4 Å². The fourth-order valence-corrected chi connectivity index (χ4v) is 9.21. The number of ether oxygens (including phenoxy) is 1. The topological polar surface area (TPSA) is 69.4 Å². The van der Waals surface area contributed by atoms with Crippen molar-refractivity contribution < 1.29 is 26.7 Å². The molecule has 0 saturated heterocycles. The number of amides is 1. The summed E-state index contributed by atoms with van der Waals surface area (Å²) in [7, 11) is -1.36. The number of benzene rings is 4. The van der Waals surface area contributed by atoms with E-state index >= 15 is 0 Å². The number of halogens is 1. The average molecular weight is 490 g/mol. The maximum atomic E-state index is 13.4. The molecule has 1 amide bonds. The molecule has 0 saturated carbocycles. The first-order chi connectivity index (χ1) is 16.1. The minimum Gasteiger partial charge on any atom is -1.00 e. The molecule has 34 heavy (non-hydrogen) atoms. The first-order valence-corrected chi connectivity index (χ1v) is 12.5. The molecule has 0 spiro atoms. The number of methoxy groups -OCH3 is 1. The number of nitrogens with two attached hydrogens (primary N) is 1. The van der Waals surface area contributed by atoms with Crippen molar-refractivity contribution in [3.63, 3.8) is 0 Å². The van der Waals surface area contributed by atoms with Gasteiger partial charge in [-0.05, 0) is 42.5 Å². The summed E-state index contributed by atoms with van der Waals surface area (Å²) in [5.74, 6) is -0.986. The third-order valence-corrected chi connectivity index (χ3v) is 10.5. The number of rotatable bonds is 7. The highest BCUT2D eigenvalue weighted by Gasteiger charge is 2.56.